The van der Waals surface area contributed by atoms with Crippen LogP contribution in [-0.2, 0) is 0 Å². The van der Waals surface area contributed by atoms with Crippen molar-refractivity contribution in [1.82, 2.24) is 5.32 Å². The van der Waals surface area contributed by atoms with Gasteiger partial charge in [0.1, 0.15) is 0 Å². The van der Waals surface area contributed by atoms with Crippen LogP contribution in [0.5, 0.6) is 0 Å². The van der Waals surface area contributed by atoms with Gasteiger partial charge in [0.15, 0.2) is 5.82 Å². The van der Waals surface area contributed by atoms with Gasteiger partial charge in [-0.2, -0.15) is 0 Å². The molecule has 5 heteroatoms. The molecule has 1 saturated carbocycles. The van der Waals surface area contributed by atoms with Crippen molar-refractivity contribution in [2.75, 3.05) is 5.32 Å². The standard InChI is InChI=1S/C12H14ClFN2O/c13-9-6-3-7-10(11(9)14)16-12(17)15-8-4-1-2-5-8/h3,6-8H,1-2,4-5H2,(H2,15,16,17). The van der Waals surface area contributed by atoms with Crippen molar-refractivity contribution < 1.29 is 9.18 Å². The number of amides is 2. The summed E-state index contributed by atoms with van der Waals surface area (Å²) in [5.41, 5.74) is 0.105. The van der Waals surface area contributed by atoms with Gasteiger partial charge in [0, 0.05) is 6.04 Å². The summed E-state index contributed by atoms with van der Waals surface area (Å²) < 4.78 is 13.5. The first-order valence-electron chi connectivity index (χ1n) is 5.68. The molecule has 0 aromatic heterocycles. The average molecular weight is 257 g/mol. The summed E-state index contributed by atoms with van der Waals surface area (Å²) in [6.07, 6.45) is 4.25. The molecule has 1 aromatic rings. The number of anilines is 1. The highest BCUT2D eigenvalue weighted by atomic mass is 35.5. The predicted octanol–water partition coefficient (Wildman–Crippen LogP) is 3.54. The van der Waals surface area contributed by atoms with Gasteiger partial charge < -0.3 is 10.6 Å². The maximum Gasteiger partial charge on any atom is 0.319 e. The van der Waals surface area contributed by atoms with Crippen LogP contribution in [0.3, 0.4) is 0 Å². The van der Waals surface area contributed by atoms with E-state index in [0.29, 0.717) is 0 Å². The lowest BCUT2D eigenvalue weighted by Crippen LogP contribution is -2.36. The molecule has 0 atom stereocenters. The summed E-state index contributed by atoms with van der Waals surface area (Å²) in [4.78, 5) is 11.6. The highest BCUT2D eigenvalue weighted by Gasteiger charge is 2.17. The number of hydrogen-bond donors (Lipinski definition) is 2. The second-order valence-electron chi connectivity index (χ2n) is 4.18. The second kappa shape index (κ2) is 5.36. The quantitative estimate of drug-likeness (QED) is 0.835. The molecule has 1 aliphatic rings. The minimum atomic E-state index is -0.601. The minimum Gasteiger partial charge on any atom is -0.335 e. The monoisotopic (exact) mass is 256 g/mol. The molecule has 1 aromatic carbocycles. The number of halogens is 2. The lowest BCUT2D eigenvalue weighted by Gasteiger charge is -2.13. The Bertz CT molecular complexity index is 419. The fourth-order valence-corrected chi connectivity index (χ4v) is 2.19. The Morgan fingerprint density at radius 2 is 2.06 bits per heavy atom. The van der Waals surface area contributed by atoms with E-state index < -0.39 is 5.82 Å². The molecular formula is C12H14ClFN2O. The third kappa shape index (κ3) is 3.09. The molecule has 1 fully saturated rings. The van der Waals surface area contributed by atoms with E-state index in [-0.39, 0.29) is 22.8 Å². The summed E-state index contributed by atoms with van der Waals surface area (Å²) in [6.45, 7) is 0. The van der Waals surface area contributed by atoms with Crippen LogP contribution >= 0.6 is 11.6 Å². The van der Waals surface area contributed by atoms with Crippen molar-refractivity contribution in [2.24, 2.45) is 0 Å². The van der Waals surface area contributed by atoms with E-state index in [0.717, 1.165) is 25.7 Å². The van der Waals surface area contributed by atoms with Gasteiger partial charge in [0.2, 0.25) is 0 Å². The number of urea groups is 1. The van der Waals surface area contributed by atoms with E-state index in [1.807, 2.05) is 0 Å². The summed E-state index contributed by atoms with van der Waals surface area (Å²) in [6, 6.07) is 4.35. The van der Waals surface area contributed by atoms with Crippen LogP contribution in [0.1, 0.15) is 25.7 Å². The van der Waals surface area contributed by atoms with Crippen LogP contribution < -0.4 is 10.6 Å². The molecule has 0 radical (unpaired) electrons. The van der Waals surface area contributed by atoms with Gasteiger partial charge in [-0.15, -0.1) is 0 Å². The van der Waals surface area contributed by atoms with Gasteiger partial charge in [-0.1, -0.05) is 30.5 Å². The summed E-state index contributed by atoms with van der Waals surface area (Å²) in [7, 11) is 0. The third-order valence-corrected chi connectivity index (χ3v) is 3.18. The Morgan fingerprint density at radius 1 is 1.35 bits per heavy atom. The van der Waals surface area contributed by atoms with E-state index in [2.05, 4.69) is 10.6 Å². The molecule has 2 amide bonds. The fourth-order valence-electron chi connectivity index (χ4n) is 2.01. The number of carbonyl (C=O) groups excluding carboxylic acids is 1. The van der Waals surface area contributed by atoms with Gasteiger partial charge in [0.25, 0.3) is 0 Å². The maximum atomic E-state index is 13.5. The average Bonchev–Trinajstić information content (AvgIpc) is 2.77. The Hall–Kier alpha value is -1.29. The van der Waals surface area contributed by atoms with Crippen LogP contribution in [0.15, 0.2) is 18.2 Å². The number of carbonyl (C=O) groups is 1. The SMILES string of the molecule is O=C(Nc1cccc(Cl)c1F)NC1CCCC1. The Morgan fingerprint density at radius 3 is 2.76 bits per heavy atom. The molecule has 0 spiro atoms. The minimum absolute atomic E-state index is 0.00339. The van der Waals surface area contributed by atoms with Crippen LogP contribution in [0, 0.1) is 5.82 Å². The number of nitrogens with one attached hydrogen (secondary N) is 2. The first-order chi connectivity index (χ1) is 8.16. The Balaban J connectivity index is 1.95. The predicted molar refractivity (Wildman–Crippen MR) is 65.8 cm³/mol. The zero-order valence-electron chi connectivity index (χ0n) is 9.30. The molecule has 1 aliphatic carbocycles. The number of rotatable bonds is 2. The number of hydrogen-bond acceptors (Lipinski definition) is 1. The van der Waals surface area contributed by atoms with E-state index in [1.165, 1.54) is 12.1 Å². The van der Waals surface area contributed by atoms with Crippen molar-refractivity contribution in [3.05, 3.63) is 29.0 Å². The molecule has 17 heavy (non-hydrogen) atoms. The van der Waals surface area contributed by atoms with Crippen LogP contribution in [-0.4, -0.2) is 12.1 Å². The van der Waals surface area contributed by atoms with Crippen molar-refractivity contribution in [3.8, 4) is 0 Å². The first-order valence-corrected chi connectivity index (χ1v) is 6.06. The molecule has 92 valence electrons. The zero-order chi connectivity index (χ0) is 12.3. The van der Waals surface area contributed by atoms with E-state index in [4.69, 9.17) is 11.6 Å². The smallest absolute Gasteiger partial charge is 0.319 e. The van der Waals surface area contributed by atoms with Gasteiger partial charge >= 0.3 is 6.03 Å². The highest BCUT2D eigenvalue weighted by molar-refractivity contribution is 6.31. The molecule has 2 N–H and O–H groups in total. The van der Waals surface area contributed by atoms with Crippen molar-refractivity contribution in [2.45, 2.75) is 31.7 Å². The Kier molecular flexibility index (Phi) is 3.84. The van der Waals surface area contributed by atoms with E-state index >= 15 is 0 Å². The van der Waals surface area contributed by atoms with Gasteiger partial charge in [0.05, 0.1) is 10.7 Å². The van der Waals surface area contributed by atoms with Gasteiger partial charge in [-0.3, -0.25) is 0 Å². The molecule has 0 unspecified atom stereocenters. The topological polar surface area (TPSA) is 41.1 Å². The van der Waals surface area contributed by atoms with Crippen LogP contribution in [0.25, 0.3) is 0 Å². The Labute approximate surface area is 104 Å². The second-order valence-corrected chi connectivity index (χ2v) is 4.59. The number of benzene rings is 1. The molecule has 2 rings (SSSR count). The first kappa shape index (κ1) is 12.2. The molecule has 0 aliphatic heterocycles. The van der Waals surface area contributed by atoms with Crippen molar-refractivity contribution >= 4 is 23.3 Å². The van der Waals surface area contributed by atoms with Crippen molar-refractivity contribution in [3.63, 3.8) is 0 Å². The largest absolute Gasteiger partial charge is 0.335 e. The highest BCUT2D eigenvalue weighted by Crippen LogP contribution is 2.22. The molecule has 3 nitrogen and oxygen atoms in total. The van der Waals surface area contributed by atoms with Crippen molar-refractivity contribution in [1.29, 1.82) is 0 Å². The normalized spacial score (nSPS) is 15.9. The summed E-state index contributed by atoms with van der Waals surface area (Å²) >= 11 is 5.62. The summed E-state index contributed by atoms with van der Waals surface area (Å²) in [5, 5.41) is 5.29. The summed E-state index contributed by atoms with van der Waals surface area (Å²) in [5.74, 6) is -0.601. The lowest BCUT2D eigenvalue weighted by molar-refractivity contribution is 0.248. The molecule has 0 bridgehead atoms. The fraction of sp³-hybridized carbons (Fsp3) is 0.417. The van der Waals surface area contributed by atoms with Gasteiger partial charge in [-0.05, 0) is 25.0 Å². The van der Waals surface area contributed by atoms with E-state index in [1.54, 1.807) is 6.07 Å². The maximum absolute atomic E-state index is 13.5. The van der Waals surface area contributed by atoms with Crippen LogP contribution in [0.4, 0.5) is 14.9 Å². The van der Waals surface area contributed by atoms with Crippen LogP contribution in [0.2, 0.25) is 5.02 Å². The molecule has 0 saturated heterocycles. The molecular weight excluding hydrogens is 243 g/mol. The zero-order valence-corrected chi connectivity index (χ0v) is 10.1. The lowest BCUT2D eigenvalue weighted by atomic mass is 10.2. The van der Waals surface area contributed by atoms with E-state index in [9.17, 15) is 9.18 Å². The third-order valence-electron chi connectivity index (χ3n) is 2.89. The molecule has 0 heterocycles. The van der Waals surface area contributed by atoms with Gasteiger partial charge in [-0.25, -0.2) is 9.18 Å².